The van der Waals surface area contributed by atoms with Crippen molar-refractivity contribution < 1.29 is 9.13 Å². The van der Waals surface area contributed by atoms with Crippen LogP contribution in [0, 0.1) is 5.82 Å². The molecule has 0 saturated heterocycles. The van der Waals surface area contributed by atoms with Crippen LogP contribution in [0.15, 0.2) is 83.9 Å². The molecule has 0 aromatic heterocycles. The highest BCUT2D eigenvalue weighted by atomic mass is 19.1. The second kappa shape index (κ2) is 7.36. The third kappa shape index (κ3) is 4.51. The van der Waals surface area contributed by atoms with E-state index in [4.69, 9.17) is 4.74 Å². The predicted molar refractivity (Wildman–Crippen MR) is 90.9 cm³/mol. The number of para-hydroxylation sites is 1. The van der Waals surface area contributed by atoms with Gasteiger partial charge >= 0.3 is 0 Å². The maximum atomic E-state index is 12.8. The molecule has 0 fully saturated rings. The van der Waals surface area contributed by atoms with Gasteiger partial charge in [0.05, 0.1) is 5.69 Å². The van der Waals surface area contributed by atoms with Crippen LogP contribution in [0.4, 0.5) is 10.1 Å². The summed E-state index contributed by atoms with van der Waals surface area (Å²) in [4.78, 5) is 4.41. The van der Waals surface area contributed by atoms with Crippen molar-refractivity contribution in [3.63, 3.8) is 0 Å². The van der Waals surface area contributed by atoms with Crippen molar-refractivity contribution in [1.29, 1.82) is 0 Å². The quantitative estimate of drug-likeness (QED) is 0.597. The minimum absolute atomic E-state index is 0.240. The maximum absolute atomic E-state index is 12.8. The molecule has 0 saturated carbocycles. The lowest BCUT2D eigenvalue weighted by Crippen LogP contribution is -1.95. The Morgan fingerprint density at radius 3 is 2.22 bits per heavy atom. The SMILES string of the molecule is Fc1ccc(COc2ccc(C=Nc3ccccc3)cc2)cc1. The number of ether oxygens (including phenoxy) is 1. The molecule has 0 amide bonds. The molecule has 0 atom stereocenters. The van der Waals surface area contributed by atoms with Crippen LogP contribution in [-0.2, 0) is 6.61 Å². The first-order chi connectivity index (χ1) is 11.3. The van der Waals surface area contributed by atoms with Gasteiger partial charge in [-0.3, -0.25) is 4.99 Å². The lowest BCUT2D eigenvalue weighted by atomic mass is 10.2. The van der Waals surface area contributed by atoms with Crippen molar-refractivity contribution in [3.8, 4) is 5.75 Å². The summed E-state index contributed by atoms with van der Waals surface area (Å²) in [5, 5.41) is 0. The van der Waals surface area contributed by atoms with Gasteiger partial charge in [-0.2, -0.15) is 0 Å². The largest absolute Gasteiger partial charge is 0.489 e. The van der Waals surface area contributed by atoms with E-state index in [-0.39, 0.29) is 5.82 Å². The van der Waals surface area contributed by atoms with Gasteiger partial charge in [0.15, 0.2) is 0 Å². The zero-order valence-corrected chi connectivity index (χ0v) is 12.5. The van der Waals surface area contributed by atoms with Crippen LogP contribution in [0.1, 0.15) is 11.1 Å². The van der Waals surface area contributed by atoms with E-state index < -0.39 is 0 Å². The van der Waals surface area contributed by atoms with Gasteiger partial charge in [0.1, 0.15) is 18.2 Å². The number of aliphatic imine (C=N–C) groups is 1. The normalized spacial score (nSPS) is 10.8. The maximum Gasteiger partial charge on any atom is 0.123 e. The molecule has 3 aromatic rings. The first-order valence-corrected chi connectivity index (χ1v) is 7.36. The number of benzene rings is 3. The van der Waals surface area contributed by atoms with Crippen LogP contribution in [0.2, 0.25) is 0 Å². The highest BCUT2D eigenvalue weighted by Gasteiger charge is 1.97. The van der Waals surface area contributed by atoms with Crippen LogP contribution in [0.5, 0.6) is 5.75 Å². The lowest BCUT2D eigenvalue weighted by Gasteiger charge is -2.06. The summed E-state index contributed by atoms with van der Waals surface area (Å²) >= 11 is 0. The van der Waals surface area contributed by atoms with E-state index in [1.165, 1.54) is 12.1 Å². The molecule has 0 aliphatic carbocycles. The fraction of sp³-hybridized carbons (Fsp3) is 0.0500. The highest BCUT2D eigenvalue weighted by Crippen LogP contribution is 2.15. The summed E-state index contributed by atoms with van der Waals surface area (Å²) < 4.78 is 18.5. The van der Waals surface area contributed by atoms with Gasteiger partial charge in [-0.15, -0.1) is 0 Å². The fourth-order valence-electron chi connectivity index (χ4n) is 2.06. The molecule has 0 heterocycles. The first kappa shape index (κ1) is 15.0. The number of hydrogen-bond donors (Lipinski definition) is 0. The Hall–Kier alpha value is -2.94. The van der Waals surface area contributed by atoms with Crippen LogP contribution >= 0.6 is 0 Å². The molecule has 0 aliphatic rings. The summed E-state index contributed by atoms with van der Waals surface area (Å²) in [7, 11) is 0. The van der Waals surface area contributed by atoms with Gasteiger partial charge in [0, 0.05) is 6.21 Å². The van der Waals surface area contributed by atoms with Gasteiger partial charge in [-0.25, -0.2) is 4.39 Å². The van der Waals surface area contributed by atoms with Gasteiger partial charge in [0.2, 0.25) is 0 Å². The number of rotatable bonds is 5. The average molecular weight is 305 g/mol. The number of nitrogens with zero attached hydrogens (tertiary/aromatic N) is 1. The fourth-order valence-corrected chi connectivity index (χ4v) is 2.06. The smallest absolute Gasteiger partial charge is 0.123 e. The second-order valence-corrected chi connectivity index (χ2v) is 5.08. The Balaban J connectivity index is 1.58. The Morgan fingerprint density at radius 1 is 0.826 bits per heavy atom. The highest BCUT2D eigenvalue weighted by molar-refractivity contribution is 5.82. The van der Waals surface area contributed by atoms with E-state index >= 15 is 0 Å². The topological polar surface area (TPSA) is 21.6 Å². The van der Waals surface area contributed by atoms with Crippen LogP contribution in [-0.4, -0.2) is 6.21 Å². The van der Waals surface area contributed by atoms with Crippen molar-refractivity contribution in [2.24, 2.45) is 4.99 Å². The van der Waals surface area contributed by atoms with E-state index in [9.17, 15) is 4.39 Å². The van der Waals surface area contributed by atoms with Gasteiger partial charge in [-0.1, -0.05) is 30.3 Å². The van der Waals surface area contributed by atoms with Crippen molar-refractivity contribution in [2.45, 2.75) is 6.61 Å². The van der Waals surface area contributed by atoms with E-state index in [0.717, 1.165) is 22.6 Å². The molecule has 0 bridgehead atoms. The summed E-state index contributed by atoms with van der Waals surface area (Å²) in [6, 6.07) is 23.8. The Labute approximate surface area is 134 Å². The van der Waals surface area contributed by atoms with Gasteiger partial charge in [-0.05, 0) is 59.7 Å². The molecule has 114 valence electrons. The first-order valence-electron chi connectivity index (χ1n) is 7.36. The lowest BCUT2D eigenvalue weighted by molar-refractivity contribution is 0.306. The van der Waals surface area contributed by atoms with Gasteiger partial charge in [0.25, 0.3) is 0 Å². The number of halogens is 1. The molecule has 0 N–H and O–H groups in total. The Bertz CT molecular complexity index is 765. The van der Waals surface area contributed by atoms with E-state index in [1.54, 1.807) is 12.1 Å². The molecule has 0 unspecified atom stereocenters. The molecular formula is C20H16FNO. The summed E-state index contributed by atoms with van der Waals surface area (Å²) in [5.41, 5.74) is 2.85. The zero-order chi connectivity index (χ0) is 15.9. The van der Waals surface area contributed by atoms with Crippen molar-refractivity contribution >= 4 is 11.9 Å². The second-order valence-electron chi connectivity index (χ2n) is 5.08. The molecular weight excluding hydrogens is 289 g/mol. The summed E-state index contributed by atoms with van der Waals surface area (Å²) in [6.45, 7) is 0.414. The van der Waals surface area contributed by atoms with E-state index in [1.807, 2.05) is 60.8 Å². The summed E-state index contributed by atoms with van der Waals surface area (Å²) in [6.07, 6.45) is 1.82. The minimum Gasteiger partial charge on any atom is -0.489 e. The molecule has 3 aromatic carbocycles. The van der Waals surface area contributed by atoms with Crippen molar-refractivity contribution in [3.05, 3.63) is 95.8 Å². The average Bonchev–Trinajstić information content (AvgIpc) is 2.61. The zero-order valence-electron chi connectivity index (χ0n) is 12.5. The van der Waals surface area contributed by atoms with Crippen molar-refractivity contribution in [2.75, 3.05) is 0 Å². The molecule has 0 aliphatic heterocycles. The Kier molecular flexibility index (Phi) is 4.79. The Morgan fingerprint density at radius 2 is 1.52 bits per heavy atom. The standard InChI is InChI=1S/C20H16FNO/c21-18-10-6-17(7-11-18)15-23-20-12-8-16(9-13-20)14-22-19-4-2-1-3-5-19/h1-14H,15H2. The van der Waals surface area contributed by atoms with Crippen LogP contribution < -0.4 is 4.74 Å². The van der Waals surface area contributed by atoms with E-state index in [2.05, 4.69) is 4.99 Å². The number of hydrogen-bond acceptors (Lipinski definition) is 2. The van der Waals surface area contributed by atoms with Crippen LogP contribution in [0.25, 0.3) is 0 Å². The third-order valence-corrected chi connectivity index (χ3v) is 3.32. The summed E-state index contributed by atoms with van der Waals surface area (Å²) in [5.74, 6) is 0.530. The molecule has 3 rings (SSSR count). The van der Waals surface area contributed by atoms with Crippen molar-refractivity contribution in [1.82, 2.24) is 0 Å². The molecule has 0 radical (unpaired) electrons. The minimum atomic E-state index is -0.240. The molecule has 3 heteroatoms. The molecule has 2 nitrogen and oxygen atoms in total. The molecule has 23 heavy (non-hydrogen) atoms. The van der Waals surface area contributed by atoms with E-state index in [0.29, 0.717) is 6.61 Å². The predicted octanol–water partition coefficient (Wildman–Crippen LogP) is 5.16. The third-order valence-electron chi connectivity index (χ3n) is 3.32. The monoisotopic (exact) mass is 305 g/mol. The van der Waals surface area contributed by atoms with Gasteiger partial charge < -0.3 is 4.74 Å². The van der Waals surface area contributed by atoms with Crippen LogP contribution in [0.3, 0.4) is 0 Å². The molecule has 0 spiro atoms.